The van der Waals surface area contributed by atoms with Gasteiger partial charge in [-0.2, -0.15) is 5.10 Å². The van der Waals surface area contributed by atoms with E-state index in [2.05, 4.69) is 37.7 Å². The molecule has 0 aliphatic heterocycles. The SMILES string of the molecule is CCN(CC)C(C)(C)C(N)Cc1c(C)nn(C)c1Cl. The Morgan fingerprint density at radius 2 is 1.89 bits per heavy atom. The molecular formula is C14H27ClN4. The second kappa shape index (κ2) is 6.25. The van der Waals surface area contributed by atoms with Crippen molar-refractivity contribution in [2.75, 3.05) is 13.1 Å². The third-order valence-corrected chi connectivity index (χ3v) is 4.65. The number of halogens is 1. The Morgan fingerprint density at radius 3 is 2.26 bits per heavy atom. The van der Waals surface area contributed by atoms with Crippen molar-refractivity contribution in [1.82, 2.24) is 14.7 Å². The second-order valence-corrected chi connectivity index (χ2v) is 5.97. The predicted molar refractivity (Wildman–Crippen MR) is 81.6 cm³/mol. The van der Waals surface area contributed by atoms with Gasteiger partial charge in [0, 0.05) is 24.2 Å². The molecule has 0 saturated carbocycles. The average Bonchev–Trinajstić information content (AvgIpc) is 2.57. The maximum absolute atomic E-state index is 6.45. The molecular weight excluding hydrogens is 260 g/mol. The van der Waals surface area contributed by atoms with Crippen LogP contribution in [0.15, 0.2) is 0 Å². The van der Waals surface area contributed by atoms with Crippen LogP contribution in [0.25, 0.3) is 0 Å². The number of aromatic nitrogens is 2. The highest BCUT2D eigenvalue weighted by Crippen LogP contribution is 2.25. The largest absolute Gasteiger partial charge is 0.326 e. The Labute approximate surface area is 121 Å². The number of hydrogen-bond acceptors (Lipinski definition) is 3. The minimum Gasteiger partial charge on any atom is -0.326 e. The Balaban J connectivity index is 2.92. The first kappa shape index (κ1) is 16.5. The molecule has 1 aromatic heterocycles. The first-order valence-electron chi connectivity index (χ1n) is 6.94. The fourth-order valence-corrected chi connectivity index (χ4v) is 2.90. The van der Waals surface area contributed by atoms with Gasteiger partial charge < -0.3 is 5.73 Å². The summed E-state index contributed by atoms with van der Waals surface area (Å²) in [6.07, 6.45) is 0.752. The highest BCUT2D eigenvalue weighted by Gasteiger charge is 2.32. The van der Waals surface area contributed by atoms with Crippen molar-refractivity contribution in [1.29, 1.82) is 0 Å². The van der Waals surface area contributed by atoms with Gasteiger partial charge in [0.05, 0.1) is 5.69 Å². The van der Waals surface area contributed by atoms with E-state index in [1.165, 1.54) is 0 Å². The van der Waals surface area contributed by atoms with Crippen molar-refractivity contribution in [2.24, 2.45) is 12.8 Å². The van der Waals surface area contributed by atoms with Crippen LogP contribution in [0.2, 0.25) is 5.15 Å². The van der Waals surface area contributed by atoms with Crippen LogP contribution < -0.4 is 5.73 Å². The molecule has 0 radical (unpaired) electrons. The van der Waals surface area contributed by atoms with E-state index in [-0.39, 0.29) is 11.6 Å². The number of nitrogens with zero attached hydrogens (tertiary/aromatic N) is 3. The predicted octanol–water partition coefficient (Wildman–Crippen LogP) is 2.37. The number of aryl methyl sites for hydroxylation is 2. The normalized spacial score (nSPS) is 14.2. The molecule has 0 bridgehead atoms. The molecule has 2 N–H and O–H groups in total. The van der Waals surface area contributed by atoms with E-state index in [4.69, 9.17) is 17.3 Å². The zero-order valence-corrected chi connectivity index (χ0v) is 13.8. The molecule has 0 spiro atoms. The van der Waals surface area contributed by atoms with Crippen LogP contribution in [0.1, 0.15) is 39.0 Å². The average molecular weight is 287 g/mol. The summed E-state index contributed by atoms with van der Waals surface area (Å²) in [5.41, 5.74) is 8.42. The second-order valence-electron chi connectivity index (χ2n) is 5.61. The third kappa shape index (κ3) is 3.30. The molecule has 0 amide bonds. The zero-order valence-electron chi connectivity index (χ0n) is 13.0. The summed E-state index contributed by atoms with van der Waals surface area (Å²) in [6.45, 7) is 12.7. The molecule has 0 aromatic carbocycles. The Bertz CT molecular complexity index is 421. The topological polar surface area (TPSA) is 47.1 Å². The van der Waals surface area contributed by atoms with E-state index < -0.39 is 0 Å². The lowest BCUT2D eigenvalue weighted by molar-refractivity contribution is 0.106. The first-order valence-corrected chi connectivity index (χ1v) is 7.32. The summed E-state index contributed by atoms with van der Waals surface area (Å²) in [4.78, 5) is 2.39. The molecule has 110 valence electrons. The monoisotopic (exact) mass is 286 g/mol. The van der Waals surface area contributed by atoms with E-state index in [0.29, 0.717) is 5.15 Å². The van der Waals surface area contributed by atoms with Crippen molar-refractivity contribution >= 4 is 11.6 Å². The summed E-state index contributed by atoms with van der Waals surface area (Å²) in [5, 5.41) is 5.04. The van der Waals surface area contributed by atoms with Crippen LogP contribution in [0.5, 0.6) is 0 Å². The summed E-state index contributed by atoms with van der Waals surface area (Å²) >= 11 is 6.29. The summed E-state index contributed by atoms with van der Waals surface area (Å²) in [6, 6.07) is 0.0211. The van der Waals surface area contributed by atoms with Gasteiger partial charge in [-0.25, -0.2) is 0 Å². The molecule has 0 aliphatic rings. The van der Waals surface area contributed by atoms with E-state index in [9.17, 15) is 0 Å². The highest BCUT2D eigenvalue weighted by molar-refractivity contribution is 6.30. The van der Waals surface area contributed by atoms with E-state index in [1.807, 2.05) is 14.0 Å². The number of nitrogens with two attached hydrogens (primary N) is 1. The van der Waals surface area contributed by atoms with Crippen molar-refractivity contribution in [3.8, 4) is 0 Å². The molecule has 0 aliphatic carbocycles. The van der Waals surface area contributed by atoms with E-state index in [0.717, 1.165) is 30.8 Å². The van der Waals surface area contributed by atoms with Crippen LogP contribution in [0, 0.1) is 6.92 Å². The lowest BCUT2D eigenvalue weighted by atomic mass is 9.88. The van der Waals surface area contributed by atoms with Gasteiger partial charge in [-0.15, -0.1) is 0 Å². The van der Waals surface area contributed by atoms with Crippen LogP contribution in [0.4, 0.5) is 0 Å². The van der Waals surface area contributed by atoms with Gasteiger partial charge >= 0.3 is 0 Å². The highest BCUT2D eigenvalue weighted by atomic mass is 35.5. The van der Waals surface area contributed by atoms with Crippen LogP contribution in [-0.2, 0) is 13.5 Å². The smallest absolute Gasteiger partial charge is 0.130 e. The molecule has 0 fully saturated rings. The van der Waals surface area contributed by atoms with Gasteiger partial charge in [-0.05, 0) is 40.3 Å². The van der Waals surface area contributed by atoms with Gasteiger partial charge in [0.25, 0.3) is 0 Å². The number of likely N-dealkylation sites (N-methyl/N-ethyl adjacent to an activating group) is 1. The molecule has 1 unspecified atom stereocenters. The van der Waals surface area contributed by atoms with Crippen molar-refractivity contribution < 1.29 is 0 Å². The first-order chi connectivity index (χ1) is 8.75. The Morgan fingerprint density at radius 1 is 1.37 bits per heavy atom. The van der Waals surface area contributed by atoms with Gasteiger partial charge in [0.1, 0.15) is 5.15 Å². The summed E-state index contributed by atoms with van der Waals surface area (Å²) in [7, 11) is 1.86. The number of hydrogen-bond donors (Lipinski definition) is 1. The van der Waals surface area contributed by atoms with Crippen LogP contribution in [0.3, 0.4) is 0 Å². The van der Waals surface area contributed by atoms with Gasteiger partial charge in [0.2, 0.25) is 0 Å². The Hall–Kier alpha value is -0.580. The van der Waals surface area contributed by atoms with Gasteiger partial charge in [0.15, 0.2) is 0 Å². The quantitative estimate of drug-likeness (QED) is 0.873. The summed E-state index contributed by atoms with van der Waals surface area (Å²) in [5.74, 6) is 0. The minimum absolute atomic E-state index is 0.0211. The van der Waals surface area contributed by atoms with Gasteiger partial charge in [-0.1, -0.05) is 25.4 Å². The van der Waals surface area contributed by atoms with Crippen molar-refractivity contribution in [2.45, 2.75) is 52.6 Å². The fourth-order valence-electron chi connectivity index (χ4n) is 2.65. The lowest BCUT2D eigenvalue weighted by Crippen LogP contribution is -2.56. The molecule has 4 nitrogen and oxygen atoms in total. The van der Waals surface area contributed by atoms with Crippen molar-refractivity contribution in [3.63, 3.8) is 0 Å². The van der Waals surface area contributed by atoms with Crippen molar-refractivity contribution in [3.05, 3.63) is 16.4 Å². The van der Waals surface area contributed by atoms with Crippen LogP contribution in [-0.4, -0.2) is 39.4 Å². The third-order valence-electron chi connectivity index (χ3n) is 4.18. The van der Waals surface area contributed by atoms with E-state index >= 15 is 0 Å². The molecule has 1 heterocycles. The molecule has 0 saturated heterocycles. The van der Waals surface area contributed by atoms with E-state index in [1.54, 1.807) is 4.68 Å². The minimum atomic E-state index is -0.0604. The Kier molecular flexibility index (Phi) is 5.42. The maximum atomic E-state index is 6.45. The number of rotatable bonds is 6. The summed E-state index contributed by atoms with van der Waals surface area (Å²) < 4.78 is 1.71. The fraction of sp³-hybridized carbons (Fsp3) is 0.786. The standard InChI is InChI=1S/C14H27ClN4/c1-7-19(8-2)14(4,5)12(16)9-11-10(3)17-18(6)13(11)15/h12H,7-9,16H2,1-6H3. The molecule has 19 heavy (non-hydrogen) atoms. The lowest BCUT2D eigenvalue weighted by Gasteiger charge is -2.42. The molecule has 1 rings (SSSR count). The molecule has 1 aromatic rings. The molecule has 5 heteroatoms. The van der Waals surface area contributed by atoms with Gasteiger partial charge in [-0.3, -0.25) is 9.58 Å². The maximum Gasteiger partial charge on any atom is 0.130 e. The molecule has 1 atom stereocenters. The van der Waals surface area contributed by atoms with Crippen LogP contribution >= 0.6 is 11.6 Å². The zero-order chi connectivity index (χ0) is 14.8.